The van der Waals surface area contributed by atoms with Gasteiger partial charge in [0.15, 0.2) is 0 Å². The lowest BCUT2D eigenvalue weighted by molar-refractivity contribution is 0.350. The van der Waals surface area contributed by atoms with Crippen molar-refractivity contribution >= 4 is 5.69 Å². The molecule has 2 aromatic rings. The van der Waals surface area contributed by atoms with Crippen molar-refractivity contribution in [2.45, 2.75) is 13.5 Å². The molecule has 0 saturated carbocycles. The standard InChI is InChI=1S/C18H19NO/c1-15-7-3-4-11-18(15)19(2)14-17-9-5-8-16(13-17)10-6-12-20/h3-5,7-9,11,13,20H,12,14H2,1-2H3. The van der Waals surface area contributed by atoms with Crippen LogP contribution in [0.4, 0.5) is 5.69 Å². The number of para-hydroxylation sites is 1. The summed E-state index contributed by atoms with van der Waals surface area (Å²) in [5.74, 6) is 5.62. The van der Waals surface area contributed by atoms with E-state index in [0.717, 1.165) is 12.1 Å². The molecule has 0 aliphatic carbocycles. The van der Waals surface area contributed by atoms with E-state index in [4.69, 9.17) is 5.11 Å². The third-order valence-corrected chi connectivity index (χ3v) is 3.19. The molecule has 0 amide bonds. The molecule has 2 heteroatoms. The van der Waals surface area contributed by atoms with Gasteiger partial charge in [-0.1, -0.05) is 42.2 Å². The molecule has 0 fully saturated rings. The maximum atomic E-state index is 8.74. The Hall–Kier alpha value is -2.24. The average Bonchev–Trinajstić information content (AvgIpc) is 2.46. The molecule has 0 aromatic heterocycles. The Morgan fingerprint density at radius 2 is 1.90 bits per heavy atom. The largest absolute Gasteiger partial charge is 0.384 e. The Labute approximate surface area is 120 Å². The number of hydrogen-bond acceptors (Lipinski definition) is 2. The van der Waals surface area contributed by atoms with Crippen molar-refractivity contribution in [2.24, 2.45) is 0 Å². The second-order valence-electron chi connectivity index (χ2n) is 4.80. The van der Waals surface area contributed by atoms with E-state index >= 15 is 0 Å². The molecule has 102 valence electrons. The van der Waals surface area contributed by atoms with Crippen LogP contribution in [0, 0.1) is 18.8 Å². The molecule has 0 bridgehead atoms. The van der Waals surface area contributed by atoms with Gasteiger partial charge < -0.3 is 10.0 Å². The Bertz CT molecular complexity index is 637. The first-order valence-electron chi connectivity index (χ1n) is 6.66. The number of nitrogens with zero attached hydrogens (tertiary/aromatic N) is 1. The van der Waals surface area contributed by atoms with Gasteiger partial charge in [-0.25, -0.2) is 0 Å². The second kappa shape index (κ2) is 6.79. The van der Waals surface area contributed by atoms with E-state index in [9.17, 15) is 0 Å². The van der Waals surface area contributed by atoms with Crippen LogP contribution < -0.4 is 4.90 Å². The lowest BCUT2D eigenvalue weighted by Gasteiger charge is -2.21. The molecule has 0 saturated heterocycles. The van der Waals surface area contributed by atoms with E-state index in [1.807, 2.05) is 12.1 Å². The maximum Gasteiger partial charge on any atom is 0.104 e. The number of hydrogen-bond donors (Lipinski definition) is 1. The van der Waals surface area contributed by atoms with Crippen LogP contribution in [0.25, 0.3) is 0 Å². The van der Waals surface area contributed by atoms with E-state index < -0.39 is 0 Å². The zero-order valence-corrected chi connectivity index (χ0v) is 11.9. The highest BCUT2D eigenvalue weighted by molar-refractivity contribution is 5.53. The van der Waals surface area contributed by atoms with Gasteiger partial charge in [-0.2, -0.15) is 0 Å². The molecule has 0 heterocycles. The van der Waals surface area contributed by atoms with E-state index in [0.29, 0.717) is 0 Å². The van der Waals surface area contributed by atoms with Crippen molar-refractivity contribution in [1.82, 2.24) is 0 Å². The first-order chi connectivity index (χ1) is 9.70. The lowest BCUT2D eigenvalue weighted by atomic mass is 10.1. The van der Waals surface area contributed by atoms with Gasteiger partial charge in [0.05, 0.1) is 0 Å². The SMILES string of the molecule is Cc1ccccc1N(C)Cc1cccc(C#CCO)c1. The van der Waals surface area contributed by atoms with Crippen LogP contribution in [0.3, 0.4) is 0 Å². The number of rotatable bonds is 3. The fourth-order valence-electron chi connectivity index (χ4n) is 2.24. The molecular formula is C18H19NO. The molecular weight excluding hydrogens is 246 g/mol. The predicted molar refractivity (Wildman–Crippen MR) is 83.7 cm³/mol. The van der Waals surface area contributed by atoms with E-state index in [1.165, 1.54) is 16.8 Å². The lowest BCUT2D eigenvalue weighted by Crippen LogP contribution is -2.17. The van der Waals surface area contributed by atoms with Crippen molar-refractivity contribution < 1.29 is 5.11 Å². The topological polar surface area (TPSA) is 23.5 Å². The van der Waals surface area contributed by atoms with Crippen molar-refractivity contribution in [3.63, 3.8) is 0 Å². The minimum absolute atomic E-state index is 0.104. The van der Waals surface area contributed by atoms with Gasteiger partial charge in [0.1, 0.15) is 6.61 Å². The number of benzene rings is 2. The van der Waals surface area contributed by atoms with Gasteiger partial charge in [-0.3, -0.25) is 0 Å². The fraction of sp³-hybridized carbons (Fsp3) is 0.222. The van der Waals surface area contributed by atoms with Crippen LogP contribution >= 0.6 is 0 Å². The first kappa shape index (κ1) is 14.2. The van der Waals surface area contributed by atoms with Gasteiger partial charge in [-0.15, -0.1) is 0 Å². The summed E-state index contributed by atoms with van der Waals surface area (Å²) in [6.45, 7) is 2.85. The van der Waals surface area contributed by atoms with Gasteiger partial charge in [-0.05, 0) is 36.2 Å². The average molecular weight is 265 g/mol. The second-order valence-corrected chi connectivity index (χ2v) is 4.80. The Morgan fingerprint density at radius 3 is 2.65 bits per heavy atom. The Balaban J connectivity index is 2.16. The van der Waals surface area contributed by atoms with Crippen LogP contribution in [-0.4, -0.2) is 18.8 Å². The van der Waals surface area contributed by atoms with Crippen molar-refractivity contribution in [2.75, 3.05) is 18.6 Å². The summed E-state index contributed by atoms with van der Waals surface area (Å²) in [6.07, 6.45) is 0. The number of aliphatic hydroxyl groups is 1. The van der Waals surface area contributed by atoms with Crippen molar-refractivity contribution in [3.05, 3.63) is 65.2 Å². The minimum Gasteiger partial charge on any atom is -0.384 e. The number of anilines is 1. The molecule has 0 aliphatic heterocycles. The third kappa shape index (κ3) is 3.63. The summed E-state index contributed by atoms with van der Waals surface area (Å²) in [7, 11) is 2.09. The van der Waals surface area contributed by atoms with Crippen LogP contribution in [0.2, 0.25) is 0 Å². The molecule has 2 rings (SSSR count). The number of aliphatic hydroxyl groups excluding tert-OH is 1. The van der Waals surface area contributed by atoms with Gasteiger partial charge in [0, 0.05) is 24.8 Å². The highest BCUT2D eigenvalue weighted by Gasteiger charge is 2.04. The van der Waals surface area contributed by atoms with Crippen LogP contribution in [0.5, 0.6) is 0 Å². The monoisotopic (exact) mass is 265 g/mol. The van der Waals surface area contributed by atoms with Gasteiger partial charge in [0.2, 0.25) is 0 Å². The van der Waals surface area contributed by atoms with Crippen LogP contribution in [0.15, 0.2) is 48.5 Å². The summed E-state index contributed by atoms with van der Waals surface area (Å²) in [5, 5.41) is 8.74. The Morgan fingerprint density at radius 1 is 1.10 bits per heavy atom. The summed E-state index contributed by atoms with van der Waals surface area (Å²) in [4.78, 5) is 2.23. The Kier molecular flexibility index (Phi) is 4.81. The third-order valence-electron chi connectivity index (χ3n) is 3.19. The molecule has 0 spiro atoms. The highest BCUT2D eigenvalue weighted by atomic mass is 16.2. The summed E-state index contributed by atoms with van der Waals surface area (Å²) < 4.78 is 0. The quantitative estimate of drug-likeness (QED) is 0.862. The van der Waals surface area contributed by atoms with E-state index in [1.54, 1.807) is 0 Å². The summed E-state index contributed by atoms with van der Waals surface area (Å²) >= 11 is 0. The molecule has 20 heavy (non-hydrogen) atoms. The molecule has 0 atom stereocenters. The zero-order valence-electron chi connectivity index (χ0n) is 11.9. The van der Waals surface area contributed by atoms with E-state index in [-0.39, 0.29) is 6.61 Å². The number of aryl methyl sites for hydroxylation is 1. The summed E-state index contributed by atoms with van der Waals surface area (Å²) in [6, 6.07) is 16.5. The molecule has 0 radical (unpaired) electrons. The molecule has 0 aliphatic rings. The predicted octanol–water partition coefficient (Wildman–Crippen LogP) is 2.98. The molecule has 1 N–H and O–H groups in total. The van der Waals surface area contributed by atoms with Gasteiger partial charge >= 0.3 is 0 Å². The minimum atomic E-state index is -0.104. The zero-order chi connectivity index (χ0) is 14.4. The van der Waals surface area contributed by atoms with E-state index in [2.05, 4.69) is 67.1 Å². The molecule has 2 nitrogen and oxygen atoms in total. The smallest absolute Gasteiger partial charge is 0.104 e. The fourth-order valence-corrected chi connectivity index (χ4v) is 2.24. The summed E-state index contributed by atoms with van der Waals surface area (Å²) in [5.41, 5.74) is 4.65. The normalized spacial score (nSPS) is 9.75. The van der Waals surface area contributed by atoms with Crippen LogP contribution in [-0.2, 0) is 6.54 Å². The maximum absolute atomic E-state index is 8.74. The van der Waals surface area contributed by atoms with Crippen molar-refractivity contribution in [3.8, 4) is 11.8 Å². The molecule has 2 aromatic carbocycles. The van der Waals surface area contributed by atoms with Gasteiger partial charge in [0.25, 0.3) is 0 Å². The first-order valence-corrected chi connectivity index (χ1v) is 6.66. The van der Waals surface area contributed by atoms with Crippen molar-refractivity contribution in [1.29, 1.82) is 0 Å². The highest BCUT2D eigenvalue weighted by Crippen LogP contribution is 2.20. The molecule has 0 unspecified atom stereocenters. The van der Waals surface area contributed by atoms with Crippen LogP contribution in [0.1, 0.15) is 16.7 Å².